The van der Waals surface area contributed by atoms with Crippen LogP contribution in [0.5, 0.6) is 5.75 Å². The number of carbonyl (C=O) groups is 3. The molecule has 2 atom stereocenters. The highest BCUT2D eigenvalue weighted by atomic mass is 32.2. The molecule has 0 spiro atoms. The SMILES string of the molecule is CCC(SC1=Nc2ccccc2C2=NC(CCC(=O)NCc3ccccc3OC)C(=O)N12)C(=O)NC1CCCCC1. The molecule has 2 aromatic rings. The van der Waals surface area contributed by atoms with E-state index in [0.717, 1.165) is 42.5 Å². The van der Waals surface area contributed by atoms with E-state index in [9.17, 15) is 14.4 Å². The number of benzene rings is 2. The second-order valence-electron chi connectivity index (χ2n) is 10.5. The van der Waals surface area contributed by atoms with E-state index >= 15 is 0 Å². The summed E-state index contributed by atoms with van der Waals surface area (Å²) in [5.74, 6) is 0.843. The Kier molecular flexibility index (Phi) is 9.38. The van der Waals surface area contributed by atoms with Gasteiger partial charge in [-0.15, -0.1) is 0 Å². The number of aliphatic imine (C=N–C) groups is 2. The van der Waals surface area contributed by atoms with Gasteiger partial charge in [0.05, 0.1) is 18.0 Å². The Balaban J connectivity index is 1.26. The van der Waals surface area contributed by atoms with Crippen molar-refractivity contribution in [2.24, 2.45) is 9.98 Å². The second kappa shape index (κ2) is 13.3. The number of methoxy groups -OCH3 is 1. The molecule has 2 aromatic carbocycles. The first kappa shape index (κ1) is 28.9. The minimum Gasteiger partial charge on any atom is -0.496 e. The molecule has 0 saturated heterocycles. The van der Waals surface area contributed by atoms with Crippen molar-refractivity contribution in [1.82, 2.24) is 15.5 Å². The van der Waals surface area contributed by atoms with Crippen LogP contribution in [0.25, 0.3) is 0 Å². The van der Waals surface area contributed by atoms with E-state index in [0.29, 0.717) is 29.7 Å². The van der Waals surface area contributed by atoms with E-state index in [2.05, 4.69) is 10.6 Å². The molecule has 3 aliphatic rings. The molecular formula is C31H37N5O4S. The number of carbonyl (C=O) groups excluding carboxylic acids is 3. The summed E-state index contributed by atoms with van der Waals surface area (Å²) in [4.78, 5) is 50.7. The lowest BCUT2D eigenvalue weighted by Crippen LogP contribution is -2.45. The zero-order valence-corrected chi connectivity index (χ0v) is 24.4. The van der Waals surface area contributed by atoms with Gasteiger partial charge in [0, 0.05) is 30.1 Å². The number of ether oxygens (including phenoxy) is 1. The molecule has 0 bridgehead atoms. The van der Waals surface area contributed by atoms with Crippen molar-refractivity contribution in [3.63, 3.8) is 0 Å². The van der Waals surface area contributed by atoms with Crippen molar-refractivity contribution in [1.29, 1.82) is 0 Å². The first-order valence-electron chi connectivity index (χ1n) is 14.4. The maximum Gasteiger partial charge on any atom is 0.259 e. The summed E-state index contributed by atoms with van der Waals surface area (Å²) >= 11 is 1.31. The van der Waals surface area contributed by atoms with Crippen molar-refractivity contribution in [3.05, 3.63) is 59.7 Å². The van der Waals surface area contributed by atoms with Gasteiger partial charge in [-0.3, -0.25) is 19.4 Å². The third kappa shape index (κ3) is 6.64. The fourth-order valence-electron chi connectivity index (χ4n) is 5.46. The Hall–Kier alpha value is -3.66. The van der Waals surface area contributed by atoms with Gasteiger partial charge in [-0.25, -0.2) is 9.89 Å². The molecule has 0 radical (unpaired) electrons. The van der Waals surface area contributed by atoms with Gasteiger partial charge in [0.2, 0.25) is 11.8 Å². The molecule has 5 rings (SSSR count). The summed E-state index contributed by atoms with van der Waals surface area (Å²) in [7, 11) is 1.60. The highest BCUT2D eigenvalue weighted by molar-refractivity contribution is 8.15. The Morgan fingerprint density at radius 1 is 1.10 bits per heavy atom. The van der Waals surface area contributed by atoms with Crippen LogP contribution in [0.1, 0.15) is 69.4 Å². The summed E-state index contributed by atoms with van der Waals surface area (Å²) < 4.78 is 5.36. The number of thioether (sulfide) groups is 1. The zero-order valence-electron chi connectivity index (χ0n) is 23.6. The van der Waals surface area contributed by atoms with Gasteiger partial charge < -0.3 is 15.4 Å². The first-order chi connectivity index (χ1) is 20.0. The van der Waals surface area contributed by atoms with E-state index in [1.807, 2.05) is 55.5 Å². The van der Waals surface area contributed by atoms with Crippen LogP contribution in [0.2, 0.25) is 0 Å². The van der Waals surface area contributed by atoms with Crippen molar-refractivity contribution in [2.45, 2.75) is 82.2 Å². The lowest BCUT2D eigenvalue weighted by atomic mass is 9.95. The zero-order chi connectivity index (χ0) is 28.8. The molecule has 3 amide bonds. The Bertz CT molecular complexity index is 1350. The molecule has 216 valence electrons. The maximum absolute atomic E-state index is 13.7. The first-order valence-corrected chi connectivity index (χ1v) is 15.3. The van der Waals surface area contributed by atoms with Gasteiger partial charge in [0.15, 0.2) is 5.17 Å². The van der Waals surface area contributed by atoms with Gasteiger partial charge in [0.1, 0.15) is 17.6 Å². The standard InChI is InChI=1S/C31H37N5O4S/c1-3-26(29(38)33-21-12-5-4-6-13-21)41-31-35-23-15-9-8-14-22(23)28-34-24(30(39)36(28)31)17-18-27(37)32-19-20-11-7-10-16-25(20)40-2/h7-11,14-16,21,24,26H,3-6,12-13,17-19H2,1-2H3,(H,32,37)(H,33,38). The van der Waals surface area contributed by atoms with Crippen LogP contribution in [0.15, 0.2) is 58.5 Å². The van der Waals surface area contributed by atoms with E-state index in [4.69, 9.17) is 14.7 Å². The summed E-state index contributed by atoms with van der Waals surface area (Å²) in [6.45, 7) is 2.31. The molecular weight excluding hydrogens is 538 g/mol. The molecule has 2 N–H and O–H groups in total. The number of nitrogens with one attached hydrogen (secondary N) is 2. The fourth-order valence-corrected chi connectivity index (χ4v) is 6.49. The smallest absolute Gasteiger partial charge is 0.259 e. The van der Waals surface area contributed by atoms with E-state index < -0.39 is 6.04 Å². The minimum absolute atomic E-state index is 0.0145. The summed E-state index contributed by atoms with van der Waals surface area (Å²) in [6.07, 6.45) is 6.55. The molecule has 1 aliphatic carbocycles. The lowest BCUT2D eigenvalue weighted by Gasteiger charge is -2.29. The van der Waals surface area contributed by atoms with Gasteiger partial charge in [-0.05, 0) is 43.9 Å². The maximum atomic E-state index is 13.7. The Labute approximate surface area is 245 Å². The van der Waals surface area contributed by atoms with E-state index in [-0.39, 0.29) is 41.9 Å². The third-order valence-corrected chi connectivity index (χ3v) is 9.04. The average molecular weight is 576 g/mol. The van der Waals surface area contributed by atoms with Gasteiger partial charge in [-0.1, -0.05) is 68.3 Å². The molecule has 2 aliphatic heterocycles. The fraction of sp³-hybridized carbons (Fsp3) is 0.452. The quantitative estimate of drug-likeness (QED) is 0.426. The predicted octanol–water partition coefficient (Wildman–Crippen LogP) is 4.71. The van der Waals surface area contributed by atoms with Crippen LogP contribution in [0, 0.1) is 0 Å². The van der Waals surface area contributed by atoms with Crippen molar-refractivity contribution < 1.29 is 19.1 Å². The number of rotatable bonds is 10. The normalized spacial score (nSPS) is 19.0. The van der Waals surface area contributed by atoms with Crippen LogP contribution >= 0.6 is 11.8 Å². The predicted molar refractivity (Wildman–Crippen MR) is 161 cm³/mol. The van der Waals surface area contributed by atoms with Gasteiger partial charge >= 0.3 is 0 Å². The minimum atomic E-state index is -0.699. The monoisotopic (exact) mass is 575 g/mol. The molecule has 41 heavy (non-hydrogen) atoms. The largest absolute Gasteiger partial charge is 0.496 e. The van der Waals surface area contributed by atoms with Gasteiger partial charge in [-0.2, -0.15) is 0 Å². The molecule has 10 heteroatoms. The highest BCUT2D eigenvalue weighted by Gasteiger charge is 2.42. The number of nitrogens with zero attached hydrogens (tertiary/aromatic N) is 3. The van der Waals surface area contributed by atoms with Crippen LogP contribution < -0.4 is 15.4 Å². The van der Waals surface area contributed by atoms with Gasteiger partial charge in [0.25, 0.3) is 5.91 Å². The highest BCUT2D eigenvalue weighted by Crippen LogP contribution is 2.36. The van der Waals surface area contributed by atoms with E-state index in [1.165, 1.54) is 18.2 Å². The lowest BCUT2D eigenvalue weighted by molar-refractivity contribution is -0.125. The molecule has 2 unspecified atom stereocenters. The number of fused-ring (bicyclic) bond motifs is 3. The average Bonchev–Trinajstić information content (AvgIpc) is 3.34. The molecule has 9 nitrogen and oxygen atoms in total. The van der Waals surface area contributed by atoms with Crippen molar-refractivity contribution >= 4 is 46.2 Å². The Morgan fingerprint density at radius 2 is 1.85 bits per heavy atom. The number of amidine groups is 2. The van der Waals surface area contributed by atoms with Crippen LogP contribution in [0.4, 0.5) is 5.69 Å². The topological polar surface area (TPSA) is 112 Å². The number of hydrogen-bond donors (Lipinski definition) is 2. The van der Waals surface area contributed by atoms with Crippen LogP contribution in [0.3, 0.4) is 0 Å². The summed E-state index contributed by atoms with van der Waals surface area (Å²) in [5, 5.41) is 6.22. The number of amides is 3. The molecule has 0 aromatic heterocycles. The van der Waals surface area contributed by atoms with Crippen molar-refractivity contribution in [2.75, 3.05) is 7.11 Å². The van der Waals surface area contributed by atoms with Crippen LogP contribution in [-0.4, -0.2) is 58.1 Å². The molecule has 2 heterocycles. The number of hydrogen-bond acceptors (Lipinski definition) is 7. The summed E-state index contributed by atoms with van der Waals surface area (Å²) in [6, 6.07) is 14.6. The number of para-hydroxylation sites is 2. The van der Waals surface area contributed by atoms with Crippen LogP contribution in [-0.2, 0) is 20.9 Å². The second-order valence-corrected chi connectivity index (χ2v) is 11.7. The third-order valence-electron chi connectivity index (χ3n) is 7.72. The Morgan fingerprint density at radius 3 is 2.63 bits per heavy atom. The molecule has 1 saturated carbocycles. The summed E-state index contributed by atoms with van der Waals surface area (Å²) in [5.41, 5.74) is 2.37. The van der Waals surface area contributed by atoms with Crippen molar-refractivity contribution in [3.8, 4) is 5.75 Å². The van der Waals surface area contributed by atoms with E-state index in [1.54, 1.807) is 12.0 Å². The molecule has 1 fully saturated rings.